The van der Waals surface area contributed by atoms with Crippen molar-refractivity contribution >= 4 is 55.0 Å². The van der Waals surface area contributed by atoms with Crippen molar-refractivity contribution in [2.24, 2.45) is 0 Å². The molecular formula is C18H15Cl3O6S2. The van der Waals surface area contributed by atoms with E-state index < -0.39 is 20.2 Å². The summed E-state index contributed by atoms with van der Waals surface area (Å²) < 4.78 is 55.9. The van der Waals surface area contributed by atoms with Gasteiger partial charge in [0.1, 0.15) is 0 Å². The Balaban J connectivity index is 0.000000288. The van der Waals surface area contributed by atoms with Crippen molar-refractivity contribution in [3.8, 4) is 0 Å². The molecule has 0 aliphatic rings. The van der Waals surface area contributed by atoms with Crippen LogP contribution < -0.4 is 0 Å². The number of hydrogen-bond donors (Lipinski definition) is 2. The Morgan fingerprint density at radius 3 is 1.03 bits per heavy atom. The molecule has 0 saturated heterocycles. The second-order valence-electron chi connectivity index (χ2n) is 5.15. The van der Waals surface area contributed by atoms with Crippen molar-refractivity contribution in [1.82, 2.24) is 0 Å². The average molecular weight is 498 g/mol. The van der Waals surface area contributed by atoms with Gasteiger partial charge in [0, 0.05) is 15.1 Å². The first-order valence-corrected chi connectivity index (χ1v) is 11.6. The average Bonchev–Trinajstić information content (AvgIpc) is 2.62. The second kappa shape index (κ2) is 11.5. The van der Waals surface area contributed by atoms with E-state index in [1.165, 1.54) is 24.3 Å². The van der Waals surface area contributed by atoms with Gasteiger partial charge in [-0.05, 0) is 60.7 Å². The summed E-state index contributed by atoms with van der Waals surface area (Å²) in [6.45, 7) is 0. The third kappa shape index (κ3) is 10.6. The highest BCUT2D eigenvalue weighted by atomic mass is 35.5. The lowest BCUT2D eigenvalue weighted by Crippen LogP contribution is -2.01. The van der Waals surface area contributed by atoms with E-state index in [0.717, 1.165) is 5.02 Å². The number of sulfone groups is 1. The minimum absolute atomic E-state index is 0.212. The maximum atomic E-state index is 12.2. The minimum atomic E-state index is -4.67. The molecular weight excluding hydrogens is 483 g/mol. The van der Waals surface area contributed by atoms with Crippen LogP contribution >= 0.6 is 34.8 Å². The molecule has 2 N–H and O–H groups in total. The number of hydrogen-bond acceptors (Lipinski definition) is 4. The minimum Gasteiger partial charge on any atom is -0.264 e. The van der Waals surface area contributed by atoms with Gasteiger partial charge in [0.15, 0.2) is 0 Å². The Bertz CT molecular complexity index is 1040. The van der Waals surface area contributed by atoms with Crippen LogP contribution in [-0.4, -0.2) is 25.9 Å². The maximum Gasteiger partial charge on any atom is 0.394 e. The third-order valence-electron chi connectivity index (χ3n) is 2.98. The summed E-state index contributed by atoms with van der Waals surface area (Å²) in [7, 11) is -8.16. The lowest BCUT2D eigenvalue weighted by atomic mass is 10.4. The Morgan fingerprint density at radius 2 is 0.793 bits per heavy atom. The molecule has 0 spiro atoms. The number of halogens is 3. The molecule has 3 aromatic carbocycles. The fourth-order valence-electron chi connectivity index (χ4n) is 1.78. The van der Waals surface area contributed by atoms with E-state index in [0.29, 0.717) is 10.0 Å². The van der Waals surface area contributed by atoms with E-state index in [9.17, 15) is 8.42 Å². The number of benzene rings is 3. The van der Waals surface area contributed by atoms with Crippen LogP contribution in [0, 0.1) is 0 Å². The Labute approximate surface area is 184 Å². The quantitative estimate of drug-likeness (QED) is 0.452. The highest BCUT2D eigenvalue weighted by Crippen LogP contribution is 2.23. The molecule has 6 nitrogen and oxygen atoms in total. The van der Waals surface area contributed by atoms with E-state index in [1.807, 2.05) is 30.3 Å². The van der Waals surface area contributed by atoms with Gasteiger partial charge in [-0.25, -0.2) is 8.42 Å². The normalized spacial score (nSPS) is 10.8. The summed E-state index contributed by atoms with van der Waals surface area (Å²) >= 11 is 17.0. The largest absolute Gasteiger partial charge is 0.394 e. The molecule has 0 unspecified atom stereocenters. The predicted molar refractivity (Wildman–Crippen MR) is 114 cm³/mol. The van der Waals surface area contributed by atoms with E-state index in [-0.39, 0.29) is 9.79 Å². The summed E-state index contributed by atoms with van der Waals surface area (Å²) in [6, 6.07) is 21.5. The Hall–Kier alpha value is -1.65. The van der Waals surface area contributed by atoms with Gasteiger partial charge in [0.2, 0.25) is 9.84 Å². The first-order valence-electron chi connectivity index (χ1n) is 7.56. The predicted octanol–water partition coefficient (Wildman–Crippen LogP) is 5.51. The Morgan fingerprint density at radius 1 is 0.517 bits per heavy atom. The van der Waals surface area contributed by atoms with Gasteiger partial charge in [-0.2, -0.15) is 8.42 Å². The smallest absolute Gasteiger partial charge is 0.264 e. The highest BCUT2D eigenvalue weighted by Gasteiger charge is 2.16. The first-order chi connectivity index (χ1) is 13.4. The zero-order valence-electron chi connectivity index (χ0n) is 14.5. The summed E-state index contributed by atoms with van der Waals surface area (Å²) in [4.78, 5) is 0.424. The molecule has 156 valence electrons. The van der Waals surface area contributed by atoms with Crippen molar-refractivity contribution in [2.45, 2.75) is 9.79 Å². The van der Waals surface area contributed by atoms with Gasteiger partial charge in [0.05, 0.1) is 9.79 Å². The van der Waals surface area contributed by atoms with Gasteiger partial charge < -0.3 is 0 Å². The summed E-state index contributed by atoms with van der Waals surface area (Å²) in [5, 5.41) is 1.79. The molecule has 0 aliphatic heterocycles. The van der Waals surface area contributed by atoms with Gasteiger partial charge in [0.25, 0.3) is 0 Å². The van der Waals surface area contributed by atoms with Gasteiger partial charge in [-0.15, -0.1) is 0 Å². The molecule has 11 heteroatoms. The van der Waals surface area contributed by atoms with Crippen LogP contribution in [0.4, 0.5) is 0 Å². The van der Waals surface area contributed by atoms with Crippen molar-refractivity contribution in [3.63, 3.8) is 0 Å². The number of rotatable bonds is 2. The molecule has 0 radical (unpaired) electrons. The van der Waals surface area contributed by atoms with Crippen molar-refractivity contribution in [1.29, 1.82) is 0 Å². The van der Waals surface area contributed by atoms with E-state index in [4.69, 9.17) is 52.3 Å². The van der Waals surface area contributed by atoms with Crippen molar-refractivity contribution < 1.29 is 25.9 Å². The molecule has 0 aromatic heterocycles. The van der Waals surface area contributed by atoms with Crippen LogP contribution in [0.1, 0.15) is 0 Å². The lowest BCUT2D eigenvalue weighted by molar-refractivity contribution is 0.381. The first kappa shape index (κ1) is 25.4. The molecule has 0 atom stereocenters. The fourth-order valence-corrected chi connectivity index (χ4v) is 3.44. The molecule has 3 aromatic rings. The Kier molecular flexibility index (Phi) is 10.1. The van der Waals surface area contributed by atoms with Crippen LogP contribution in [0.25, 0.3) is 0 Å². The SMILES string of the molecule is Clc1ccccc1.O=S(=O)(O)O.O=S(=O)(c1ccc(Cl)cc1)c1ccc(Cl)cc1. The molecule has 0 heterocycles. The second-order valence-corrected chi connectivity index (χ2v) is 9.31. The molecule has 0 fully saturated rings. The van der Waals surface area contributed by atoms with Crippen LogP contribution in [0.2, 0.25) is 15.1 Å². The molecule has 3 rings (SSSR count). The molecule has 0 amide bonds. The van der Waals surface area contributed by atoms with Crippen LogP contribution in [0.3, 0.4) is 0 Å². The third-order valence-corrected chi connectivity index (χ3v) is 5.52. The standard InChI is InChI=1S/C12H8Cl2O2S.C6H5Cl.H2O4S/c13-9-1-5-11(6-2-9)17(15,16)12-7-3-10(14)4-8-12;7-6-4-2-1-3-5-6;1-5(2,3)4/h1-8H;1-5H;(H2,1,2,3,4). The fraction of sp³-hybridized carbons (Fsp3) is 0. The summed E-state index contributed by atoms with van der Waals surface area (Å²) in [5.41, 5.74) is 0. The van der Waals surface area contributed by atoms with Crippen LogP contribution in [0.15, 0.2) is 88.7 Å². The van der Waals surface area contributed by atoms with Gasteiger partial charge in [-0.1, -0.05) is 53.0 Å². The molecule has 0 aliphatic carbocycles. The van der Waals surface area contributed by atoms with Gasteiger partial charge >= 0.3 is 10.4 Å². The van der Waals surface area contributed by atoms with E-state index in [2.05, 4.69) is 0 Å². The van der Waals surface area contributed by atoms with Crippen LogP contribution in [0.5, 0.6) is 0 Å². The topological polar surface area (TPSA) is 109 Å². The summed E-state index contributed by atoms with van der Waals surface area (Å²) in [6.07, 6.45) is 0. The van der Waals surface area contributed by atoms with Crippen LogP contribution in [-0.2, 0) is 20.2 Å². The van der Waals surface area contributed by atoms with E-state index in [1.54, 1.807) is 24.3 Å². The lowest BCUT2D eigenvalue weighted by Gasteiger charge is -2.04. The highest BCUT2D eigenvalue weighted by molar-refractivity contribution is 7.91. The zero-order valence-corrected chi connectivity index (χ0v) is 18.4. The van der Waals surface area contributed by atoms with Crippen molar-refractivity contribution in [2.75, 3.05) is 0 Å². The maximum absolute atomic E-state index is 12.2. The molecule has 29 heavy (non-hydrogen) atoms. The zero-order chi connectivity index (χ0) is 22.1. The van der Waals surface area contributed by atoms with E-state index >= 15 is 0 Å². The summed E-state index contributed by atoms with van der Waals surface area (Å²) in [5.74, 6) is 0. The van der Waals surface area contributed by atoms with Crippen molar-refractivity contribution in [3.05, 3.63) is 93.9 Å². The molecule has 0 saturated carbocycles. The monoisotopic (exact) mass is 496 g/mol. The molecule has 0 bridgehead atoms. The van der Waals surface area contributed by atoms with Gasteiger partial charge in [-0.3, -0.25) is 9.11 Å².